The van der Waals surface area contributed by atoms with Gasteiger partial charge in [0.1, 0.15) is 0 Å². The monoisotopic (exact) mass is 199 g/mol. The fourth-order valence-corrected chi connectivity index (χ4v) is 1.05. The lowest BCUT2D eigenvalue weighted by atomic mass is 10.2. The van der Waals surface area contributed by atoms with Crippen LogP contribution in [0.25, 0.3) is 0 Å². The van der Waals surface area contributed by atoms with E-state index in [2.05, 4.69) is 5.32 Å². The molecule has 13 heavy (non-hydrogen) atoms. The van der Waals surface area contributed by atoms with Crippen molar-refractivity contribution >= 4 is 17.3 Å². The Kier molecular flexibility index (Phi) is 4.06. The van der Waals surface area contributed by atoms with Gasteiger partial charge in [0.05, 0.1) is 0 Å². The van der Waals surface area contributed by atoms with E-state index in [4.69, 9.17) is 16.7 Å². The normalized spacial score (nSPS) is 12.5. The third kappa shape index (κ3) is 3.66. The lowest BCUT2D eigenvalue weighted by molar-refractivity contribution is 0.244. The van der Waals surface area contributed by atoms with Crippen molar-refractivity contribution in [2.24, 2.45) is 5.92 Å². The minimum absolute atomic E-state index is 0.209. The van der Waals surface area contributed by atoms with E-state index in [1.807, 2.05) is 31.2 Å². The summed E-state index contributed by atoms with van der Waals surface area (Å²) in [5, 5.41) is 12.7. The summed E-state index contributed by atoms with van der Waals surface area (Å²) in [7, 11) is 0. The van der Waals surface area contributed by atoms with E-state index < -0.39 is 0 Å². The average molecular weight is 200 g/mol. The highest BCUT2D eigenvalue weighted by molar-refractivity contribution is 6.30. The molecular formula is C10H14ClNO. The molecule has 1 atom stereocenters. The largest absolute Gasteiger partial charge is 0.396 e. The SMILES string of the molecule is CC(CO)CNc1ccc(Cl)cc1. The van der Waals surface area contributed by atoms with Crippen LogP contribution >= 0.6 is 11.6 Å². The average Bonchev–Trinajstić information content (AvgIpc) is 2.16. The number of aliphatic hydroxyl groups is 1. The van der Waals surface area contributed by atoms with Crippen LogP contribution in [0, 0.1) is 5.92 Å². The molecule has 0 saturated carbocycles. The molecule has 3 heteroatoms. The van der Waals surface area contributed by atoms with Gasteiger partial charge in [0, 0.05) is 23.9 Å². The van der Waals surface area contributed by atoms with E-state index >= 15 is 0 Å². The fraction of sp³-hybridized carbons (Fsp3) is 0.400. The van der Waals surface area contributed by atoms with Crippen LogP contribution in [-0.2, 0) is 0 Å². The van der Waals surface area contributed by atoms with Gasteiger partial charge in [0.25, 0.3) is 0 Å². The Labute approximate surface area is 83.5 Å². The number of hydrogen-bond acceptors (Lipinski definition) is 2. The summed E-state index contributed by atoms with van der Waals surface area (Å²) in [6, 6.07) is 7.53. The van der Waals surface area contributed by atoms with E-state index in [0.29, 0.717) is 0 Å². The molecule has 1 unspecified atom stereocenters. The zero-order chi connectivity index (χ0) is 9.68. The van der Waals surface area contributed by atoms with Crippen LogP contribution in [0.3, 0.4) is 0 Å². The number of nitrogens with one attached hydrogen (secondary N) is 1. The molecule has 0 amide bonds. The maximum Gasteiger partial charge on any atom is 0.0473 e. The number of benzene rings is 1. The summed E-state index contributed by atoms with van der Waals surface area (Å²) in [5.41, 5.74) is 1.03. The minimum Gasteiger partial charge on any atom is -0.396 e. The quantitative estimate of drug-likeness (QED) is 0.781. The second-order valence-corrected chi connectivity index (χ2v) is 3.61. The first-order chi connectivity index (χ1) is 6.22. The Morgan fingerprint density at radius 3 is 2.54 bits per heavy atom. The summed E-state index contributed by atoms with van der Waals surface area (Å²) >= 11 is 5.73. The van der Waals surface area contributed by atoms with Crippen molar-refractivity contribution in [3.05, 3.63) is 29.3 Å². The summed E-state index contributed by atoms with van der Waals surface area (Å²) < 4.78 is 0. The smallest absolute Gasteiger partial charge is 0.0473 e. The highest BCUT2D eigenvalue weighted by Gasteiger charge is 1.98. The van der Waals surface area contributed by atoms with Gasteiger partial charge in [-0.2, -0.15) is 0 Å². The van der Waals surface area contributed by atoms with Gasteiger partial charge >= 0.3 is 0 Å². The first kappa shape index (κ1) is 10.4. The van der Waals surface area contributed by atoms with Crippen molar-refractivity contribution < 1.29 is 5.11 Å². The van der Waals surface area contributed by atoms with Crippen LogP contribution in [0.1, 0.15) is 6.92 Å². The van der Waals surface area contributed by atoms with E-state index in [9.17, 15) is 0 Å². The molecule has 2 nitrogen and oxygen atoms in total. The second-order valence-electron chi connectivity index (χ2n) is 3.18. The molecular weight excluding hydrogens is 186 g/mol. The highest BCUT2D eigenvalue weighted by atomic mass is 35.5. The molecule has 2 N–H and O–H groups in total. The molecule has 1 rings (SSSR count). The molecule has 0 aromatic heterocycles. The van der Waals surface area contributed by atoms with Gasteiger partial charge in [0.2, 0.25) is 0 Å². The third-order valence-corrected chi connectivity index (χ3v) is 2.06. The van der Waals surface area contributed by atoms with Gasteiger partial charge in [0.15, 0.2) is 0 Å². The molecule has 0 bridgehead atoms. The molecule has 0 spiro atoms. The van der Waals surface area contributed by atoms with Crippen molar-refractivity contribution in [3.63, 3.8) is 0 Å². The van der Waals surface area contributed by atoms with Crippen molar-refractivity contribution in [1.29, 1.82) is 0 Å². The van der Waals surface area contributed by atoms with Crippen molar-refractivity contribution in [2.45, 2.75) is 6.92 Å². The molecule has 0 heterocycles. The van der Waals surface area contributed by atoms with Crippen LogP contribution < -0.4 is 5.32 Å². The first-order valence-electron chi connectivity index (χ1n) is 4.32. The van der Waals surface area contributed by atoms with Crippen LogP contribution in [0.5, 0.6) is 0 Å². The Morgan fingerprint density at radius 1 is 1.38 bits per heavy atom. The molecule has 0 aliphatic rings. The summed E-state index contributed by atoms with van der Waals surface area (Å²) in [6.07, 6.45) is 0. The molecule has 0 fully saturated rings. The zero-order valence-electron chi connectivity index (χ0n) is 7.63. The zero-order valence-corrected chi connectivity index (χ0v) is 8.38. The van der Waals surface area contributed by atoms with E-state index in [1.54, 1.807) is 0 Å². The number of hydrogen-bond donors (Lipinski definition) is 2. The molecule has 1 aromatic rings. The standard InChI is InChI=1S/C10H14ClNO/c1-8(7-13)6-12-10-4-2-9(11)3-5-10/h2-5,8,12-13H,6-7H2,1H3. The van der Waals surface area contributed by atoms with Gasteiger partial charge in [-0.25, -0.2) is 0 Å². The second kappa shape index (κ2) is 5.10. The Morgan fingerprint density at radius 2 is 2.00 bits per heavy atom. The molecule has 72 valence electrons. The molecule has 1 aromatic carbocycles. The maximum absolute atomic E-state index is 8.80. The van der Waals surface area contributed by atoms with Gasteiger partial charge in [-0.15, -0.1) is 0 Å². The van der Waals surface area contributed by atoms with Gasteiger partial charge in [-0.05, 0) is 30.2 Å². The van der Waals surface area contributed by atoms with Crippen molar-refractivity contribution in [2.75, 3.05) is 18.5 Å². The number of halogens is 1. The van der Waals surface area contributed by atoms with Crippen LogP contribution in [0.2, 0.25) is 5.02 Å². The number of aliphatic hydroxyl groups excluding tert-OH is 1. The van der Waals surface area contributed by atoms with E-state index in [-0.39, 0.29) is 12.5 Å². The van der Waals surface area contributed by atoms with Crippen LogP contribution in [0.15, 0.2) is 24.3 Å². The predicted octanol–water partition coefficient (Wildman–Crippen LogP) is 2.38. The van der Waals surface area contributed by atoms with Gasteiger partial charge in [-0.1, -0.05) is 18.5 Å². The lowest BCUT2D eigenvalue weighted by Crippen LogP contribution is -2.14. The summed E-state index contributed by atoms with van der Waals surface area (Å²) in [4.78, 5) is 0. The van der Waals surface area contributed by atoms with Crippen LogP contribution in [-0.4, -0.2) is 18.3 Å². The topological polar surface area (TPSA) is 32.3 Å². The van der Waals surface area contributed by atoms with E-state index in [1.165, 1.54) is 0 Å². The minimum atomic E-state index is 0.209. The van der Waals surface area contributed by atoms with Crippen LogP contribution in [0.4, 0.5) is 5.69 Å². The lowest BCUT2D eigenvalue weighted by Gasteiger charge is -2.10. The molecule has 0 radical (unpaired) electrons. The van der Waals surface area contributed by atoms with Gasteiger partial charge in [-0.3, -0.25) is 0 Å². The summed E-state index contributed by atoms with van der Waals surface area (Å²) in [6.45, 7) is 2.97. The first-order valence-corrected chi connectivity index (χ1v) is 4.70. The highest BCUT2D eigenvalue weighted by Crippen LogP contribution is 2.13. The molecule has 0 aliphatic carbocycles. The Hall–Kier alpha value is -0.730. The fourth-order valence-electron chi connectivity index (χ4n) is 0.924. The molecule has 0 saturated heterocycles. The molecule has 0 aliphatic heterocycles. The third-order valence-electron chi connectivity index (χ3n) is 1.81. The number of rotatable bonds is 4. The van der Waals surface area contributed by atoms with Crippen molar-refractivity contribution in [3.8, 4) is 0 Å². The predicted molar refractivity (Wildman–Crippen MR) is 56.2 cm³/mol. The Balaban J connectivity index is 2.41. The number of anilines is 1. The van der Waals surface area contributed by atoms with E-state index in [0.717, 1.165) is 17.3 Å². The summed E-state index contributed by atoms with van der Waals surface area (Å²) in [5.74, 6) is 0.274. The maximum atomic E-state index is 8.80. The van der Waals surface area contributed by atoms with Crippen molar-refractivity contribution in [1.82, 2.24) is 0 Å². The Bertz CT molecular complexity index is 248. The van der Waals surface area contributed by atoms with Gasteiger partial charge < -0.3 is 10.4 Å².